The zero-order chi connectivity index (χ0) is 25.6. The number of amides is 2. The Morgan fingerprint density at radius 2 is 1.68 bits per heavy atom. The number of fused-ring (bicyclic) bond motifs is 1. The zero-order valence-electron chi connectivity index (χ0n) is 20.6. The largest absolute Gasteiger partial charge is 0.486 e. The average molecular weight is 513 g/mol. The van der Waals surface area contributed by atoms with Crippen LogP contribution in [-0.2, 0) is 17.9 Å². The van der Waals surface area contributed by atoms with Gasteiger partial charge in [-0.1, -0.05) is 66.2 Å². The van der Waals surface area contributed by atoms with Crippen LogP contribution >= 0.6 is 11.3 Å². The molecule has 2 amide bonds. The monoisotopic (exact) mass is 512 g/mol. The van der Waals surface area contributed by atoms with Crippen LogP contribution in [0, 0.1) is 6.92 Å². The van der Waals surface area contributed by atoms with Gasteiger partial charge in [-0.05, 0) is 47.7 Å². The van der Waals surface area contributed by atoms with Crippen LogP contribution in [0.5, 0.6) is 11.5 Å². The Morgan fingerprint density at radius 1 is 0.919 bits per heavy atom. The van der Waals surface area contributed by atoms with Gasteiger partial charge < -0.3 is 19.7 Å². The van der Waals surface area contributed by atoms with E-state index in [1.54, 1.807) is 34.4 Å². The first-order chi connectivity index (χ1) is 18.1. The van der Waals surface area contributed by atoms with Gasteiger partial charge in [0.15, 0.2) is 11.5 Å². The van der Waals surface area contributed by atoms with Crippen LogP contribution in [0.15, 0.2) is 90.3 Å². The summed E-state index contributed by atoms with van der Waals surface area (Å²) in [6, 6.07) is 25.8. The Labute approximate surface area is 220 Å². The lowest BCUT2D eigenvalue weighted by Crippen LogP contribution is -2.43. The van der Waals surface area contributed by atoms with Crippen molar-refractivity contribution in [3.8, 4) is 11.5 Å². The molecule has 37 heavy (non-hydrogen) atoms. The Balaban J connectivity index is 1.51. The summed E-state index contributed by atoms with van der Waals surface area (Å²) in [6.45, 7) is 3.56. The summed E-state index contributed by atoms with van der Waals surface area (Å²) in [5, 5.41) is 5.03. The van der Waals surface area contributed by atoms with E-state index < -0.39 is 6.04 Å². The van der Waals surface area contributed by atoms with Crippen LogP contribution in [0.1, 0.15) is 38.0 Å². The van der Waals surface area contributed by atoms with E-state index in [0.29, 0.717) is 43.4 Å². The van der Waals surface area contributed by atoms with Crippen LogP contribution in [0.25, 0.3) is 0 Å². The lowest BCUT2D eigenvalue weighted by molar-refractivity contribution is -0.126. The van der Waals surface area contributed by atoms with Crippen LogP contribution < -0.4 is 14.8 Å². The molecule has 6 nitrogen and oxygen atoms in total. The highest BCUT2D eigenvalue weighted by Gasteiger charge is 2.33. The fourth-order valence-corrected chi connectivity index (χ4v) is 5.00. The minimum absolute atomic E-state index is 0.241. The van der Waals surface area contributed by atoms with Gasteiger partial charge in [-0.25, -0.2) is 0 Å². The van der Waals surface area contributed by atoms with Crippen molar-refractivity contribution in [2.75, 3.05) is 13.2 Å². The Kier molecular flexibility index (Phi) is 7.51. The number of rotatable bonds is 8. The first kappa shape index (κ1) is 24.6. The Hall–Kier alpha value is -4.10. The smallest absolute Gasteiger partial charge is 0.255 e. The number of carbonyl (C=O) groups excluding carboxylic acids is 2. The minimum atomic E-state index is -0.827. The number of carbonyl (C=O) groups is 2. The second kappa shape index (κ2) is 11.3. The van der Waals surface area contributed by atoms with Crippen molar-refractivity contribution < 1.29 is 19.1 Å². The van der Waals surface area contributed by atoms with Gasteiger partial charge in [-0.15, -0.1) is 11.3 Å². The molecule has 0 fully saturated rings. The predicted molar refractivity (Wildman–Crippen MR) is 144 cm³/mol. The van der Waals surface area contributed by atoms with Gasteiger partial charge in [0.25, 0.3) is 5.91 Å². The average Bonchev–Trinajstić information content (AvgIpc) is 3.46. The molecule has 0 saturated carbocycles. The normalized spacial score (nSPS) is 13.0. The summed E-state index contributed by atoms with van der Waals surface area (Å²) in [5.74, 6) is 0.651. The van der Waals surface area contributed by atoms with Crippen LogP contribution in [-0.4, -0.2) is 29.9 Å². The highest BCUT2D eigenvalue weighted by Crippen LogP contribution is 2.33. The first-order valence-corrected chi connectivity index (χ1v) is 13.1. The van der Waals surface area contributed by atoms with Crippen molar-refractivity contribution in [1.82, 2.24) is 10.2 Å². The van der Waals surface area contributed by atoms with E-state index >= 15 is 0 Å². The van der Waals surface area contributed by atoms with Gasteiger partial charge in [-0.2, -0.15) is 0 Å². The fourth-order valence-electron chi connectivity index (χ4n) is 4.30. The second-order valence-electron chi connectivity index (χ2n) is 8.89. The highest BCUT2D eigenvalue weighted by atomic mass is 32.1. The molecule has 0 unspecified atom stereocenters. The third-order valence-electron chi connectivity index (χ3n) is 6.22. The predicted octanol–water partition coefficient (Wildman–Crippen LogP) is 5.53. The second-order valence-corrected chi connectivity index (χ2v) is 9.92. The molecule has 7 heteroatoms. The standard InChI is InChI=1S/C30H28N2O4S/c1-21-9-11-23(12-10-21)28(29(33)31-19-22-6-3-2-4-7-22)32(20-25-8-5-17-37-25)30(34)24-13-14-26-27(18-24)36-16-15-35-26/h2-14,17-18,28H,15-16,19-20H2,1H3,(H,31,33)/t28-/m0/s1. The number of nitrogens with zero attached hydrogens (tertiary/aromatic N) is 1. The number of nitrogens with one attached hydrogen (secondary N) is 1. The number of thiophene rings is 1. The molecule has 1 aromatic heterocycles. The summed E-state index contributed by atoms with van der Waals surface area (Å²) in [4.78, 5) is 30.5. The van der Waals surface area contributed by atoms with Gasteiger partial charge in [0, 0.05) is 17.0 Å². The minimum Gasteiger partial charge on any atom is -0.486 e. The molecule has 4 aromatic rings. The number of hydrogen-bond acceptors (Lipinski definition) is 5. The molecule has 5 rings (SSSR count). The van der Waals surface area contributed by atoms with E-state index in [1.807, 2.05) is 79.0 Å². The summed E-state index contributed by atoms with van der Waals surface area (Å²) in [6.07, 6.45) is 0. The molecule has 2 heterocycles. The summed E-state index contributed by atoms with van der Waals surface area (Å²) in [5.41, 5.74) is 3.25. The van der Waals surface area contributed by atoms with Crippen molar-refractivity contribution in [3.63, 3.8) is 0 Å². The van der Waals surface area contributed by atoms with Gasteiger partial charge in [0.05, 0.1) is 6.54 Å². The molecule has 0 saturated heterocycles. The molecule has 0 aliphatic carbocycles. The zero-order valence-corrected chi connectivity index (χ0v) is 21.4. The SMILES string of the molecule is Cc1ccc([C@@H](C(=O)NCc2ccccc2)N(Cc2cccs2)C(=O)c2ccc3c(c2)OCCO3)cc1. The molecular formula is C30H28N2O4S. The van der Waals surface area contributed by atoms with Crippen molar-refractivity contribution >= 4 is 23.2 Å². The molecule has 1 aliphatic heterocycles. The van der Waals surface area contributed by atoms with Gasteiger partial charge in [0.2, 0.25) is 5.91 Å². The van der Waals surface area contributed by atoms with Crippen molar-refractivity contribution in [2.45, 2.75) is 26.1 Å². The summed E-state index contributed by atoms with van der Waals surface area (Å²) in [7, 11) is 0. The Morgan fingerprint density at radius 3 is 2.41 bits per heavy atom. The fraction of sp³-hybridized carbons (Fsp3) is 0.200. The van der Waals surface area contributed by atoms with E-state index in [4.69, 9.17) is 9.47 Å². The number of aryl methyl sites for hydroxylation is 1. The third kappa shape index (κ3) is 5.84. The maximum absolute atomic E-state index is 14.1. The third-order valence-corrected chi connectivity index (χ3v) is 7.08. The van der Waals surface area contributed by atoms with E-state index in [1.165, 1.54) is 0 Å². The van der Waals surface area contributed by atoms with Gasteiger partial charge >= 0.3 is 0 Å². The maximum atomic E-state index is 14.1. The highest BCUT2D eigenvalue weighted by molar-refractivity contribution is 7.09. The van der Waals surface area contributed by atoms with Crippen LogP contribution in [0.3, 0.4) is 0 Å². The van der Waals surface area contributed by atoms with E-state index in [-0.39, 0.29) is 11.8 Å². The topological polar surface area (TPSA) is 67.9 Å². The lowest BCUT2D eigenvalue weighted by Gasteiger charge is -2.31. The molecule has 0 bridgehead atoms. The van der Waals surface area contributed by atoms with Gasteiger partial charge in [0.1, 0.15) is 19.3 Å². The van der Waals surface area contributed by atoms with E-state index in [2.05, 4.69) is 5.32 Å². The van der Waals surface area contributed by atoms with Crippen molar-refractivity contribution in [3.05, 3.63) is 117 Å². The number of hydrogen-bond donors (Lipinski definition) is 1. The molecular weight excluding hydrogens is 484 g/mol. The lowest BCUT2D eigenvalue weighted by atomic mass is 10.0. The van der Waals surface area contributed by atoms with Crippen molar-refractivity contribution in [2.24, 2.45) is 0 Å². The van der Waals surface area contributed by atoms with Crippen LogP contribution in [0.4, 0.5) is 0 Å². The molecule has 1 N–H and O–H groups in total. The maximum Gasteiger partial charge on any atom is 0.255 e. The number of benzene rings is 3. The quantitative estimate of drug-likeness (QED) is 0.337. The molecule has 3 aromatic carbocycles. The molecule has 1 atom stereocenters. The van der Waals surface area contributed by atoms with Gasteiger partial charge in [-0.3, -0.25) is 9.59 Å². The summed E-state index contributed by atoms with van der Waals surface area (Å²) >= 11 is 1.55. The van der Waals surface area contributed by atoms with Crippen molar-refractivity contribution in [1.29, 1.82) is 0 Å². The first-order valence-electron chi connectivity index (χ1n) is 12.2. The molecule has 0 spiro atoms. The number of ether oxygens (including phenoxy) is 2. The van der Waals surface area contributed by atoms with E-state index in [9.17, 15) is 9.59 Å². The molecule has 0 radical (unpaired) electrons. The molecule has 1 aliphatic rings. The summed E-state index contributed by atoms with van der Waals surface area (Å²) < 4.78 is 11.4. The van der Waals surface area contributed by atoms with E-state index in [0.717, 1.165) is 21.6 Å². The molecule has 188 valence electrons. The van der Waals surface area contributed by atoms with Crippen LogP contribution in [0.2, 0.25) is 0 Å². The Bertz CT molecular complexity index is 1350.